The Morgan fingerprint density at radius 1 is 1.17 bits per heavy atom. The molecule has 0 aliphatic carbocycles. The van der Waals surface area contributed by atoms with Gasteiger partial charge in [-0.3, -0.25) is 9.59 Å². The van der Waals surface area contributed by atoms with E-state index >= 15 is 0 Å². The molecule has 0 spiro atoms. The van der Waals surface area contributed by atoms with Crippen LogP contribution in [-0.2, 0) is 9.59 Å². The summed E-state index contributed by atoms with van der Waals surface area (Å²) in [6.45, 7) is 8.89. The van der Waals surface area contributed by atoms with Crippen molar-refractivity contribution in [2.75, 3.05) is 6.54 Å². The summed E-state index contributed by atoms with van der Waals surface area (Å²) < 4.78 is 0. The summed E-state index contributed by atoms with van der Waals surface area (Å²) in [7, 11) is 0. The van der Waals surface area contributed by atoms with Gasteiger partial charge in [-0.15, -0.1) is 0 Å². The minimum atomic E-state index is -0.387. The molecule has 1 heterocycles. The van der Waals surface area contributed by atoms with Gasteiger partial charge in [0.05, 0.1) is 0 Å². The van der Waals surface area contributed by atoms with Gasteiger partial charge in [-0.2, -0.15) is 5.06 Å². The second kappa shape index (κ2) is 8.64. The number of nitrogens with zero attached hydrogens (tertiary/aromatic N) is 1. The molecule has 0 aromatic carbocycles. The third-order valence-corrected chi connectivity index (χ3v) is 5.28. The number of hydroxylamine groups is 2. The van der Waals surface area contributed by atoms with E-state index in [0.29, 0.717) is 6.54 Å². The normalized spacial score (nSPS) is 24.7. The van der Waals surface area contributed by atoms with Crippen LogP contribution in [-0.4, -0.2) is 46.8 Å². The largest absolute Gasteiger partial charge is 0.359 e. The van der Waals surface area contributed by atoms with E-state index in [0.717, 1.165) is 51.3 Å². The molecule has 3 N–H and O–H groups in total. The van der Waals surface area contributed by atoms with Crippen LogP contribution in [0.25, 0.3) is 0 Å². The highest BCUT2D eigenvalue weighted by molar-refractivity contribution is 5.47. The molecule has 0 aromatic heterocycles. The molecule has 0 aromatic rings. The van der Waals surface area contributed by atoms with Gasteiger partial charge < -0.3 is 15.8 Å². The first-order valence-corrected chi connectivity index (χ1v) is 8.63. The Hall–Kier alpha value is -1.14. The Labute approximate surface area is 140 Å². The minimum absolute atomic E-state index is 0.0623. The Balaban J connectivity index is 2.62. The summed E-state index contributed by atoms with van der Waals surface area (Å²) in [6.07, 6.45) is 7.22. The minimum Gasteiger partial charge on any atom is -0.359 e. The average molecular weight is 327 g/mol. The van der Waals surface area contributed by atoms with Gasteiger partial charge in [0.2, 0.25) is 12.8 Å². The number of unbranched alkanes of at least 4 members (excludes halogenated alkanes) is 2. The van der Waals surface area contributed by atoms with E-state index in [2.05, 4.69) is 10.6 Å². The fourth-order valence-corrected chi connectivity index (χ4v) is 3.91. The molecule has 1 aliphatic rings. The van der Waals surface area contributed by atoms with Crippen LogP contribution in [0.15, 0.2) is 0 Å². The molecule has 2 amide bonds. The highest BCUT2D eigenvalue weighted by Crippen LogP contribution is 2.42. The molecule has 0 saturated carbocycles. The third kappa shape index (κ3) is 5.18. The topological polar surface area (TPSA) is 81.7 Å². The van der Waals surface area contributed by atoms with E-state index in [1.54, 1.807) is 0 Å². The quantitative estimate of drug-likeness (QED) is 0.424. The fourth-order valence-electron chi connectivity index (χ4n) is 3.91. The van der Waals surface area contributed by atoms with Gasteiger partial charge in [0.1, 0.15) is 0 Å². The molecule has 0 radical (unpaired) electrons. The smallest absolute Gasteiger partial charge is 0.207 e. The highest BCUT2D eigenvalue weighted by Gasteiger charge is 2.49. The molecule has 1 saturated heterocycles. The third-order valence-electron chi connectivity index (χ3n) is 5.28. The van der Waals surface area contributed by atoms with Crippen LogP contribution in [0, 0.1) is 5.92 Å². The predicted octanol–water partition coefficient (Wildman–Crippen LogP) is 2.07. The molecule has 1 aliphatic heterocycles. The average Bonchev–Trinajstić information content (AvgIpc) is 2.48. The van der Waals surface area contributed by atoms with E-state index in [-0.39, 0.29) is 23.0 Å². The lowest BCUT2D eigenvalue weighted by atomic mass is 9.70. The molecule has 6 heteroatoms. The summed E-state index contributed by atoms with van der Waals surface area (Å²) >= 11 is 0. The number of carbonyl (C=O) groups is 2. The van der Waals surface area contributed by atoms with E-state index in [9.17, 15) is 14.8 Å². The van der Waals surface area contributed by atoms with Gasteiger partial charge >= 0.3 is 0 Å². The van der Waals surface area contributed by atoms with Crippen LogP contribution in [0.4, 0.5) is 0 Å². The maximum atomic E-state index is 11.0. The van der Waals surface area contributed by atoms with E-state index < -0.39 is 0 Å². The molecule has 2 unspecified atom stereocenters. The number of hydrogen-bond donors (Lipinski definition) is 3. The number of nitrogens with one attached hydrogen (secondary N) is 2. The first-order chi connectivity index (χ1) is 10.8. The van der Waals surface area contributed by atoms with Crippen molar-refractivity contribution in [3.05, 3.63) is 0 Å². The van der Waals surface area contributed by atoms with E-state index in [1.807, 2.05) is 27.7 Å². The van der Waals surface area contributed by atoms with Crippen molar-refractivity contribution in [1.29, 1.82) is 0 Å². The molecule has 6 nitrogen and oxygen atoms in total. The molecule has 134 valence electrons. The standard InChI is InChI=1S/C17H33N3O3/c1-16(2)10-9-14(17(3,4)20(16)23)15(19-13-22)8-6-5-7-11-18-12-21/h12-15,23H,5-11H2,1-4H3,(H,18,21)(H,19,22). The molecule has 1 rings (SSSR count). The van der Waals surface area contributed by atoms with Crippen LogP contribution < -0.4 is 10.6 Å². The van der Waals surface area contributed by atoms with Crippen molar-refractivity contribution in [1.82, 2.24) is 15.7 Å². The summed E-state index contributed by atoms with van der Waals surface area (Å²) in [6, 6.07) is 0.0623. The molecular formula is C17H33N3O3. The zero-order valence-electron chi connectivity index (χ0n) is 15.0. The first-order valence-electron chi connectivity index (χ1n) is 8.63. The van der Waals surface area contributed by atoms with Gasteiger partial charge in [0.15, 0.2) is 0 Å². The van der Waals surface area contributed by atoms with Crippen molar-refractivity contribution in [3.8, 4) is 0 Å². The lowest BCUT2D eigenvalue weighted by Crippen LogP contribution is -2.64. The summed E-state index contributed by atoms with van der Waals surface area (Å²) in [5.41, 5.74) is -0.631. The lowest BCUT2D eigenvalue weighted by Gasteiger charge is -2.54. The molecule has 0 bridgehead atoms. The maximum absolute atomic E-state index is 11.0. The Bertz CT molecular complexity index is 385. The van der Waals surface area contributed by atoms with Gasteiger partial charge in [0.25, 0.3) is 0 Å². The molecule has 23 heavy (non-hydrogen) atoms. The van der Waals surface area contributed by atoms with Crippen molar-refractivity contribution < 1.29 is 14.8 Å². The fraction of sp³-hybridized carbons (Fsp3) is 0.882. The van der Waals surface area contributed by atoms with Crippen LogP contribution in [0.5, 0.6) is 0 Å². The molecule has 1 fully saturated rings. The lowest BCUT2D eigenvalue weighted by molar-refractivity contribution is -0.261. The van der Waals surface area contributed by atoms with Gasteiger partial charge in [0, 0.05) is 23.7 Å². The molecule has 2 atom stereocenters. The van der Waals surface area contributed by atoms with Crippen molar-refractivity contribution >= 4 is 12.8 Å². The Morgan fingerprint density at radius 2 is 1.87 bits per heavy atom. The van der Waals surface area contributed by atoms with Gasteiger partial charge in [-0.25, -0.2) is 0 Å². The Kier molecular flexibility index (Phi) is 7.48. The van der Waals surface area contributed by atoms with Crippen molar-refractivity contribution in [2.45, 2.75) is 83.3 Å². The van der Waals surface area contributed by atoms with Crippen LogP contribution in [0.2, 0.25) is 0 Å². The predicted molar refractivity (Wildman–Crippen MR) is 90.0 cm³/mol. The summed E-state index contributed by atoms with van der Waals surface area (Å²) in [4.78, 5) is 21.2. The van der Waals surface area contributed by atoms with E-state index in [4.69, 9.17) is 0 Å². The Morgan fingerprint density at radius 3 is 2.48 bits per heavy atom. The second-order valence-corrected chi connectivity index (χ2v) is 7.74. The monoisotopic (exact) mass is 327 g/mol. The maximum Gasteiger partial charge on any atom is 0.207 e. The highest BCUT2D eigenvalue weighted by atomic mass is 16.5. The summed E-state index contributed by atoms with van der Waals surface area (Å²) in [5.74, 6) is 0.207. The SMILES string of the molecule is CC1(C)CCC(C(CCCCCNC=O)NC=O)C(C)(C)N1O. The number of rotatable bonds is 10. The van der Waals surface area contributed by atoms with Gasteiger partial charge in [-0.05, 0) is 59.3 Å². The second-order valence-electron chi connectivity index (χ2n) is 7.74. The first kappa shape index (κ1) is 19.9. The number of hydrogen-bond acceptors (Lipinski definition) is 4. The van der Waals surface area contributed by atoms with Crippen molar-refractivity contribution in [2.24, 2.45) is 5.92 Å². The van der Waals surface area contributed by atoms with E-state index in [1.165, 1.54) is 5.06 Å². The number of piperidine rings is 1. The zero-order valence-corrected chi connectivity index (χ0v) is 15.0. The van der Waals surface area contributed by atoms with Crippen molar-refractivity contribution in [3.63, 3.8) is 0 Å². The molecular weight excluding hydrogens is 294 g/mol. The number of amides is 2. The number of carbonyl (C=O) groups excluding carboxylic acids is 2. The van der Waals surface area contributed by atoms with Crippen LogP contribution in [0.1, 0.15) is 66.2 Å². The summed E-state index contributed by atoms with van der Waals surface area (Å²) in [5, 5.41) is 17.7. The van der Waals surface area contributed by atoms with Crippen LogP contribution >= 0.6 is 0 Å². The zero-order chi connectivity index (χ0) is 17.5. The van der Waals surface area contributed by atoms with Gasteiger partial charge in [-0.1, -0.05) is 12.8 Å². The van der Waals surface area contributed by atoms with Crippen LogP contribution in [0.3, 0.4) is 0 Å².